The van der Waals surface area contributed by atoms with Crippen molar-refractivity contribution in [3.05, 3.63) is 23.7 Å². The summed E-state index contributed by atoms with van der Waals surface area (Å²) in [6.07, 6.45) is 5.34. The lowest BCUT2D eigenvalue weighted by atomic mass is 10.2. The Morgan fingerprint density at radius 1 is 1.53 bits per heavy atom. The van der Waals surface area contributed by atoms with E-state index < -0.39 is 5.97 Å². The van der Waals surface area contributed by atoms with Gasteiger partial charge in [0.25, 0.3) is 0 Å². The van der Waals surface area contributed by atoms with Crippen molar-refractivity contribution >= 4 is 5.97 Å². The van der Waals surface area contributed by atoms with Crippen LogP contribution in [0.25, 0.3) is 0 Å². The third-order valence-corrected chi connectivity index (χ3v) is 3.47. The van der Waals surface area contributed by atoms with Crippen molar-refractivity contribution in [2.75, 3.05) is 13.2 Å². The molecule has 0 radical (unpaired) electrons. The van der Waals surface area contributed by atoms with Gasteiger partial charge in [-0.2, -0.15) is 0 Å². The minimum atomic E-state index is -1.04. The minimum absolute atomic E-state index is 0.0136. The zero-order valence-electron chi connectivity index (χ0n) is 11.2. The number of carbonyl (C=O) groups is 1. The van der Waals surface area contributed by atoms with E-state index in [1.165, 1.54) is 31.7 Å². The van der Waals surface area contributed by atoms with Gasteiger partial charge in [0, 0.05) is 6.54 Å². The smallest absolute Gasteiger partial charge is 0.371 e. The molecule has 1 fully saturated rings. The molecule has 2 N–H and O–H groups in total. The van der Waals surface area contributed by atoms with Gasteiger partial charge in [-0.05, 0) is 31.9 Å². The second-order valence-electron chi connectivity index (χ2n) is 4.96. The van der Waals surface area contributed by atoms with Gasteiger partial charge >= 0.3 is 5.97 Å². The van der Waals surface area contributed by atoms with Crippen LogP contribution in [-0.4, -0.2) is 30.3 Å². The fourth-order valence-electron chi connectivity index (χ4n) is 2.36. The maximum absolute atomic E-state index is 10.7. The Bertz CT molecular complexity index is 409. The molecule has 1 aliphatic carbocycles. The summed E-state index contributed by atoms with van der Waals surface area (Å²) in [5.74, 6) is -0.424. The first-order chi connectivity index (χ1) is 9.16. The second kappa shape index (κ2) is 6.73. The summed E-state index contributed by atoms with van der Waals surface area (Å²) in [5, 5.41) is 12.0. The number of ether oxygens (including phenoxy) is 1. The third kappa shape index (κ3) is 4.08. The topological polar surface area (TPSA) is 71.7 Å². The molecule has 1 aromatic rings. The summed E-state index contributed by atoms with van der Waals surface area (Å²) in [7, 11) is 0. The molecule has 0 spiro atoms. The number of furan rings is 1. The van der Waals surface area contributed by atoms with Gasteiger partial charge in [-0.3, -0.25) is 0 Å². The molecule has 1 heterocycles. The quantitative estimate of drug-likeness (QED) is 0.743. The lowest BCUT2D eigenvalue weighted by molar-refractivity contribution is 0.0587. The highest BCUT2D eigenvalue weighted by atomic mass is 16.5. The fourth-order valence-corrected chi connectivity index (χ4v) is 2.36. The molecule has 2 rings (SSSR count). The molecule has 1 atom stereocenters. The first-order valence-electron chi connectivity index (χ1n) is 6.85. The van der Waals surface area contributed by atoms with Gasteiger partial charge < -0.3 is 19.6 Å². The predicted molar refractivity (Wildman–Crippen MR) is 70.3 cm³/mol. The molecule has 106 valence electrons. The van der Waals surface area contributed by atoms with Crippen molar-refractivity contribution < 1.29 is 19.1 Å². The largest absolute Gasteiger partial charge is 0.475 e. The van der Waals surface area contributed by atoms with Crippen LogP contribution >= 0.6 is 0 Å². The number of carboxylic acids is 1. The molecule has 5 heteroatoms. The van der Waals surface area contributed by atoms with Crippen LogP contribution in [0.4, 0.5) is 0 Å². The van der Waals surface area contributed by atoms with E-state index in [4.69, 9.17) is 14.3 Å². The fraction of sp³-hybridized carbons (Fsp3) is 0.643. The van der Waals surface area contributed by atoms with E-state index in [1.807, 2.05) is 6.92 Å². The van der Waals surface area contributed by atoms with Gasteiger partial charge in [-0.15, -0.1) is 0 Å². The van der Waals surface area contributed by atoms with Crippen molar-refractivity contribution in [2.24, 2.45) is 0 Å². The minimum Gasteiger partial charge on any atom is -0.475 e. The summed E-state index contributed by atoms with van der Waals surface area (Å²) in [4.78, 5) is 10.7. The highest BCUT2D eigenvalue weighted by molar-refractivity contribution is 5.84. The first kappa shape index (κ1) is 14.1. The summed E-state index contributed by atoms with van der Waals surface area (Å²) in [6, 6.07) is 3.16. The van der Waals surface area contributed by atoms with Crippen LogP contribution in [-0.2, 0) is 4.74 Å². The van der Waals surface area contributed by atoms with Crippen molar-refractivity contribution in [3.63, 3.8) is 0 Å². The molecule has 0 aromatic carbocycles. The van der Waals surface area contributed by atoms with Crippen molar-refractivity contribution in [1.29, 1.82) is 0 Å². The van der Waals surface area contributed by atoms with Crippen LogP contribution in [0.1, 0.15) is 55.0 Å². The van der Waals surface area contributed by atoms with E-state index in [2.05, 4.69) is 5.32 Å². The Kier molecular flexibility index (Phi) is 4.99. The maximum Gasteiger partial charge on any atom is 0.371 e. The van der Waals surface area contributed by atoms with Gasteiger partial charge in [0.15, 0.2) is 0 Å². The molecule has 1 aromatic heterocycles. The van der Waals surface area contributed by atoms with Crippen molar-refractivity contribution in [1.82, 2.24) is 5.32 Å². The molecule has 19 heavy (non-hydrogen) atoms. The maximum atomic E-state index is 10.7. The summed E-state index contributed by atoms with van der Waals surface area (Å²) < 4.78 is 11.0. The monoisotopic (exact) mass is 267 g/mol. The number of aromatic carboxylic acids is 1. The molecule has 0 aliphatic heterocycles. The molecule has 1 aliphatic rings. The molecule has 0 amide bonds. The van der Waals surface area contributed by atoms with Crippen LogP contribution in [0.3, 0.4) is 0 Å². The van der Waals surface area contributed by atoms with Gasteiger partial charge in [0.2, 0.25) is 5.76 Å². The Morgan fingerprint density at radius 3 is 2.89 bits per heavy atom. The highest BCUT2D eigenvalue weighted by Gasteiger charge is 2.16. The SMILES string of the molecule is CC(NCCOC1CCCC1)c1ccc(C(=O)O)o1. The molecule has 1 unspecified atom stereocenters. The van der Waals surface area contributed by atoms with Gasteiger partial charge in [-0.1, -0.05) is 12.8 Å². The van der Waals surface area contributed by atoms with Crippen LogP contribution in [0.5, 0.6) is 0 Å². The average molecular weight is 267 g/mol. The Balaban J connectivity index is 1.68. The lowest BCUT2D eigenvalue weighted by Crippen LogP contribution is -2.24. The average Bonchev–Trinajstić information content (AvgIpc) is 3.05. The first-order valence-corrected chi connectivity index (χ1v) is 6.85. The molecule has 1 saturated carbocycles. The molecular formula is C14H21NO4. The number of carboxylic acid groups (broad SMARTS) is 1. The Hall–Kier alpha value is -1.33. The zero-order valence-corrected chi connectivity index (χ0v) is 11.2. The zero-order chi connectivity index (χ0) is 13.7. The Morgan fingerprint density at radius 2 is 2.26 bits per heavy atom. The lowest BCUT2D eigenvalue weighted by Gasteiger charge is -2.14. The third-order valence-electron chi connectivity index (χ3n) is 3.47. The van der Waals surface area contributed by atoms with Gasteiger partial charge in [0.05, 0.1) is 18.8 Å². The van der Waals surface area contributed by atoms with E-state index in [0.717, 1.165) is 6.54 Å². The number of hydrogen-bond donors (Lipinski definition) is 2. The molecule has 0 saturated heterocycles. The predicted octanol–water partition coefficient (Wildman–Crippen LogP) is 2.59. The van der Waals surface area contributed by atoms with Crippen LogP contribution in [0.2, 0.25) is 0 Å². The van der Waals surface area contributed by atoms with Crippen LogP contribution in [0.15, 0.2) is 16.5 Å². The highest BCUT2D eigenvalue weighted by Crippen LogP contribution is 2.20. The number of hydrogen-bond acceptors (Lipinski definition) is 4. The van der Waals surface area contributed by atoms with Crippen molar-refractivity contribution in [2.45, 2.75) is 44.8 Å². The molecular weight excluding hydrogens is 246 g/mol. The number of rotatable bonds is 7. The van der Waals surface area contributed by atoms with Crippen molar-refractivity contribution in [3.8, 4) is 0 Å². The summed E-state index contributed by atoms with van der Waals surface area (Å²) >= 11 is 0. The Labute approximate surface area is 112 Å². The van der Waals surface area contributed by atoms with Crippen LogP contribution in [0, 0.1) is 0 Å². The van der Waals surface area contributed by atoms with E-state index >= 15 is 0 Å². The molecule has 5 nitrogen and oxygen atoms in total. The van der Waals surface area contributed by atoms with E-state index in [0.29, 0.717) is 18.5 Å². The van der Waals surface area contributed by atoms with Gasteiger partial charge in [-0.25, -0.2) is 4.79 Å². The van der Waals surface area contributed by atoms with E-state index in [9.17, 15) is 4.79 Å². The number of nitrogens with one attached hydrogen (secondary N) is 1. The van der Waals surface area contributed by atoms with E-state index in [-0.39, 0.29) is 11.8 Å². The van der Waals surface area contributed by atoms with E-state index in [1.54, 1.807) is 6.07 Å². The summed E-state index contributed by atoms with van der Waals surface area (Å²) in [5.41, 5.74) is 0. The summed E-state index contributed by atoms with van der Waals surface area (Å²) in [6.45, 7) is 3.36. The normalized spacial score (nSPS) is 17.7. The standard InChI is InChI=1S/C14H21NO4/c1-10(12-6-7-13(19-12)14(16)17)15-8-9-18-11-4-2-3-5-11/h6-7,10-11,15H,2-5,8-9H2,1H3,(H,16,17). The molecule has 0 bridgehead atoms. The van der Waals surface area contributed by atoms with Gasteiger partial charge in [0.1, 0.15) is 5.76 Å². The van der Waals surface area contributed by atoms with Crippen LogP contribution < -0.4 is 5.32 Å². The second-order valence-corrected chi connectivity index (χ2v) is 4.96.